The van der Waals surface area contributed by atoms with Crippen LogP contribution in [0.15, 0.2) is 52.0 Å². The minimum atomic E-state index is -1.82. The lowest BCUT2D eigenvalue weighted by Crippen LogP contribution is -2.31. The summed E-state index contributed by atoms with van der Waals surface area (Å²) in [6.07, 6.45) is 1.35. The first kappa shape index (κ1) is 17.4. The van der Waals surface area contributed by atoms with Gasteiger partial charge < -0.3 is 20.0 Å². The fourth-order valence-electron chi connectivity index (χ4n) is 2.34. The third-order valence-corrected chi connectivity index (χ3v) is 3.42. The summed E-state index contributed by atoms with van der Waals surface area (Å²) < 4.78 is 10.7. The van der Waals surface area contributed by atoms with E-state index >= 15 is 0 Å². The second kappa shape index (κ2) is 7.08. The van der Waals surface area contributed by atoms with Gasteiger partial charge in [-0.1, -0.05) is 5.16 Å². The third-order valence-electron chi connectivity index (χ3n) is 3.42. The van der Waals surface area contributed by atoms with Crippen molar-refractivity contribution in [3.05, 3.63) is 52.4 Å². The summed E-state index contributed by atoms with van der Waals surface area (Å²) >= 11 is 0. The van der Waals surface area contributed by atoms with Gasteiger partial charge >= 0.3 is 5.79 Å². The molecule has 0 bridgehead atoms. The second-order valence-corrected chi connectivity index (χ2v) is 4.73. The van der Waals surface area contributed by atoms with E-state index in [-0.39, 0.29) is 22.6 Å². The van der Waals surface area contributed by atoms with E-state index in [0.717, 1.165) is 0 Å². The first-order chi connectivity index (χ1) is 12.1. The minimum absolute atomic E-state index is 0.0896. The Morgan fingerprint density at radius 2 is 1.88 bits per heavy atom. The molecule has 1 heterocycles. The molecule has 1 aliphatic heterocycles. The SMILES string of the molecule is C/C=N/OC1(c2ccc(OC)cc2)OC(N)=C(C#N)C1=C(C#N)C#N. The molecule has 1 aliphatic rings. The number of hydrogen-bond donors (Lipinski definition) is 1. The molecule has 1 aromatic rings. The number of rotatable bonds is 4. The highest BCUT2D eigenvalue weighted by Crippen LogP contribution is 2.47. The molecular weight excluding hydrogens is 322 g/mol. The number of nitriles is 3. The average molecular weight is 335 g/mol. The van der Waals surface area contributed by atoms with E-state index in [0.29, 0.717) is 11.3 Å². The summed E-state index contributed by atoms with van der Waals surface area (Å²) in [4.78, 5) is 5.47. The molecule has 1 aromatic carbocycles. The Bertz CT molecular complexity index is 878. The van der Waals surface area contributed by atoms with Crippen molar-refractivity contribution in [3.63, 3.8) is 0 Å². The molecule has 8 nitrogen and oxygen atoms in total. The van der Waals surface area contributed by atoms with Gasteiger partial charge in [-0.3, -0.25) is 0 Å². The van der Waals surface area contributed by atoms with Crippen LogP contribution in [0.25, 0.3) is 0 Å². The maximum absolute atomic E-state index is 9.40. The third kappa shape index (κ3) is 2.83. The number of nitrogens with zero attached hydrogens (tertiary/aromatic N) is 4. The van der Waals surface area contributed by atoms with Crippen molar-refractivity contribution in [2.45, 2.75) is 12.7 Å². The Labute approximate surface area is 144 Å². The van der Waals surface area contributed by atoms with Crippen molar-refractivity contribution in [1.82, 2.24) is 0 Å². The van der Waals surface area contributed by atoms with E-state index in [2.05, 4.69) is 5.16 Å². The van der Waals surface area contributed by atoms with Crippen LogP contribution in [0, 0.1) is 34.0 Å². The van der Waals surface area contributed by atoms with Crippen LogP contribution < -0.4 is 10.5 Å². The topological polar surface area (TPSA) is 137 Å². The molecule has 0 radical (unpaired) electrons. The number of oxime groups is 1. The summed E-state index contributed by atoms with van der Waals surface area (Å²) in [5.74, 6) is -1.51. The highest BCUT2D eigenvalue weighted by atomic mass is 16.8. The van der Waals surface area contributed by atoms with Crippen molar-refractivity contribution in [3.8, 4) is 24.0 Å². The molecule has 2 rings (SSSR count). The number of ether oxygens (including phenoxy) is 2. The van der Waals surface area contributed by atoms with E-state index < -0.39 is 5.79 Å². The van der Waals surface area contributed by atoms with Crippen LogP contribution in [0.5, 0.6) is 5.75 Å². The number of benzene rings is 1. The van der Waals surface area contributed by atoms with Crippen molar-refractivity contribution < 1.29 is 14.3 Å². The Kier molecular flexibility index (Phi) is 4.92. The van der Waals surface area contributed by atoms with Gasteiger partial charge in [0.1, 0.15) is 35.1 Å². The standard InChI is InChI=1S/C17H13N5O3/c1-3-22-25-17(12-4-6-13(23-2)7-5-12)15(11(8-18)9-19)14(10-20)16(21)24-17/h3-7H,21H2,1-2H3/b22-3+. The normalized spacial score (nSPS) is 18.9. The van der Waals surface area contributed by atoms with Gasteiger partial charge in [0, 0.05) is 11.8 Å². The number of hydrogen-bond acceptors (Lipinski definition) is 8. The highest BCUT2D eigenvalue weighted by molar-refractivity contribution is 5.62. The lowest BCUT2D eigenvalue weighted by atomic mass is 9.90. The Morgan fingerprint density at radius 3 is 2.36 bits per heavy atom. The summed E-state index contributed by atoms with van der Waals surface area (Å²) in [5, 5.41) is 31.7. The van der Waals surface area contributed by atoms with Crippen LogP contribution in [0.4, 0.5) is 0 Å². The zero-order chi connectivity index (χ0) is 18.4. The van der Waals surface area contributed by atoms with Crippen LogP contribution >= 0.6 is 0 Å². The Hall–Kier alpha value is -3.96. The molecule has 0 spiro atoms. The molecule has 0 saturated heterocycles. The van der Waals surface area contributed by atoms with Gasteiger partial charge in [-0.25, -0.2) is 0 Å². The largest absolute Gasteiger partial charge is 0.497 e. The van der Waals surface area contributed by atoms with Crippen molar-refractivity contribution >= 4 is 6.21 Å². The predicted molar refractivity (Wildman–Crippen MR) is 86.1 cm³/mol. The molecule has 0 fully saturated rings. The molecule has 1 unspecified atom stereocenters. The van der Waals surface area contributed by atoms with E-state index in [1.54, 1.807) is 43.3 Å². The van der Waals surface area contributed by atoms with Crippen molar-refractivity contribution in [2.24, 2.45) is 10.9 Å². The van der Waals surface area contributed by atoms with Crippen molar-refractivity contribution in [2.75, 3.05) is 7.11 Å². The molecule has 0 aromatic heterocycles. The quantitative estimate of drug-likeness (QED) is 0.504. The Balaban J connectivity index is 2.80. The minimum Gasteiger partial charge on any atom is -0.497 e. The van der Waals surface area contributed by atoms with Crippen LogP contribution in [0.3, 0.4) is 0 Å². The monoisotopic (exact) mass is 335 g/mol. The van der Waals surface area contributed by atoms with Gasteiger partial charge in [0.25, 0.3) is 0 Å². The van der Waals surface area contributed by atoms with Crippen LogP contribution in [0.1, 0.15) is 12.5 Å². The van der Waals surface area contributed by atoms with Crippen LogP contribution in [-0.2, 0) is 15.4 Å². The van der Waals surface area contributed by atoms with Crippen molar-refractivity contribution in [1.29, 1.82) is 15.8 Å². The molecule has 1 atom stereocenters. The maximum atomic E-state index is 9.40. The lowest BCUT2D eigenvalue weighted by Gasteiger charge is -2.28. The highest BCUT2D eigenvalue weighted by Gasteiger charge is 2.52. The van der Waals surface area contributed by atoms with E-state index in [9.17, 15) is 15.8 Å². The first-order valence-electron chi connectivity index (χ1n) is 7.02. The van der Waals surface area contributed by atoms with Crippen LogP contribution in [-0.4, -0.2) is 13.3 Å². The second-order valence-electron chi connectivity index (χ2n) is 4.73. The van der Waals surface area contributed by atoms with E-state index in [4.69, 9.17) is 20.0 Å². The molecule has 8 heteroatoms. The van der Waals surface area contributed by atoms with E-state index in [1.165, 1.54) is 13.3 Å². The fraction of sp³-hybridized carbons (Fsp3) is 0.176. The van der Waals surface area contributed by atoms with Crippen LogP contribution in [0.2, 0.25) is 0 Å². The smallest absolute Gasteiger partial charge is 0.333 e. The van der Waals surface area contributed by atoms with Gasteiger partial charge in [0.05, 0.1) is 12.7 Å². The summed E-state index contributed by atoms with van der Waals surface area (Å²) in [6.45, 7) is 1.61. The summed E-state index contributed by atoms with van der Waals surface area (Å²) in [6, 6.07) is 11.8. The molecule has 25 heavy (non-hydrogen) atoms. The van der Waals surface area contributed by atoms with Gasteiger partial charge in [-0.2, -0.15) is 15.8 Å². The summed E-state index contributed by atoms with van der Waals surface area (Å²) in [7, 11) is 1.51. The number of methoxy groups -OCH3 is 1. The van der Waals surface area contributed by atoms with Gasteiger partial charge in [0.2, 0.25) is 5.88 Å². The maximum Gasteiger partial charge on any atom is 0.333 e. The van der Waals surface area contributed by atoms with E-state index in [1.807, 2.05) is 6.07 Å². The molecule has 2 N–H and O–H groups in total. The molecule has 0 amide bonds. The number of allylic oxidation sites excluding steroid dienone is 1. The lowest BCUT2D eigenvalue weighted by molar-refractivity contribution is -0.186. The molecule has 0 saturated carbocycles. The Morgan fingerprint density at radius 1 is 1.24 bits per heavy atom. The summed E-state index contributed by atoms with van der Waals surface area (Å²) in [5.41, 5.74) is 5.57. The first-order valence-corrected chi connectivity index (χ1v) is 7.02. The molecular formula is C17H13N5O3. The fourth-order valence-corrected chi connectivity index (χ4v) is 2.34. The zero-order valence-corrected chi connectivity index (χ0v) is 13.5. The van der Waals surface area contributed by atoms with Gasteiger partial charge in [-0.15, -0.1) is 0 Å². The average Bonchev–Trinajstić information content (AvgIpc) is 2.94. The molecule has 124 valence electrons. The predicted octanol–water partition coefficient (Wildman–Crippen LogP) is 1.94. The zero-order valence-electron chi connectivity index (χ0n) is 13.5. The van der Waals surface area contributed by atoms with Gasteiger partial charge in [0.15, 0.2) is 0 Å². The van der Waals surface area contributed by atoms with Gasteiger partial charge in [-0.05, 0) is 31.2 Å². The molecule has 0 aliphatic carbocycles. The number of nitrogens with two attached hydrogens (primary N) is 1.